The SMILES string of the molecule is Cc1ccc(F)c(NC(=O)C23CCC(=O)N2c2ccccc2C(=O)N3Cc2ccccc2)c1. The lowest BCUT2D eigenvalue weighted by Crippen LogP contribution is -2.69. The normalized spacial score (nSPS) is 19.3. The van der Waals surface area contributed by atoms with Gasteiger partial charge in [0.15, 0.2) is 0 Å². The molecule has 1 atom stereocenters. The minimum Gasteiger partial charge on any atom is -0.320 e. The number of nitrogens with one attached hydrogen (secondary N) is 1. The fraction of sp³-hybridized carbons (Fsp3) is 0.192. The summed E-state index contributed by atoms with van der Waals surface area (Å²) in [7, 11) is 0. The van der Waals surface area contributed by atoms with Crippen LogP contribution in [0.5, 0.6) is 0 Å². The summed E-state index contributed by atoms with van der Waals surface area (Å²) < 4.78 is 14.5. The molecule has 0 bridgehead atoms. The maximum absolute atomic E-state index is 14.5. The highest BCUT2D eigenvalue weighted by molar-refractivity contribution is 6.18. The smallest absolute Gasteiger partial charge is 0.271 e. The second-order valence-corrected chi connectivity index (χ2v) is 8.38. The topological polar surface area (TPSA) is 69.7 Å². The van der Waals surface area contributed by atoms with E-state index >= 15 is 0 Å². The van der Waals surface area contributed by atoms with Gasteiger partial charge in [-0.2, -0.15) is 0 Å². The lowest BCUT2D eigenvalue weighted by molar-refractivity contribution is -0.129. The van der Waals surface area contributed by atoms with Gasteiger partial charge < -0.3 is 10.2 Å². The van der Waals surface area contributed by atoms with Gasteiger partial charge in [-0.3, -0.25) is 19.3 Å². The van der Waals surface area contributed by atoms with Gasteiger partial charge in [0.2, 0.25) is 11.6 Å². The number of nitrogens with zero attached hydrogens (tertiary/aromatic N) is 2. The first-order valence-corrected chi connectivity index (χ1v) is 10.8. The van der Waals surface area contributed by atoms with Crippen molar-refractivity contribution in [2.75, 3.05) is 10.2 Å². The Morgan fingerprint density at radius 3 is 2.55 bits per heavy atom. The highest BCUT2D eigenvalue weighted by Gasteiger charge is 2.60. The van der Waals surface area contributed by atoms with Gasteiger partial charge in [0.05, 0.1) is 16.9 Å². The summed E-state index contributed by atoms with van der Waals surface area (Å²) in [4.78, 5) is 43.5. The third kappa shape index (κ3) is 3.28. The van der Waals surface area contributed by atoms with Gasteiger partial charge >= 0.3 is 0 Å². The minimum absolute atomic E-state index is 0.0136. The van der Waals surface area contributed by atoms with Crippen molar-refractivity contribution in [1.82, 2.24) is 4.90 Å². The Kier molecular flexibility index (Phi) is 4.96. The molecule has 2 aliphatic rings. The zero-order valence-corrected chi connectivity index (χ0v) is 18.0. The Morgan fingerprint density at radius 1 is 1.03 bits per heavy atom. The van der Waals surface area contributed by atoms with Gasteiger partial charge in [-0.25, -0.2) is 4.39 Å². The third-order valence-electron chi connectivity index (χ3n) is 6.29. The fourth-order valence-corrected chi connectivity index (χ4v) is 4.73. The quantitative estimate of drug-likeness (QED) is 0.655. The van der Waals surface area contributed by atoms with Crippen molar-refractivity contribution in [3.63, 3.8) is 0 Å². The standard InChI is InChI=1S/C26H22FN3O3/c1-17-11-12-20(27)21(15-17)28-25(33)26-14-13-23(31)30(26)22-10-6-5-9-19(22)24(32)29(26)16-18-7-3-2-4-8-18/h2-12,15H,13-14,16H2,1H3,(H,28,33). The van der Waals surface area contributed by atoms with E-state index in [0.29, 0.717) is 11.3 Å². The maximum Gasteiger partial charge on any atom is 0.271 e. The first-order valence-electron chi connectivity index (χ1n) is 10.8. The van der Waals surface area contributed by atoms with E-state index in [1.54, 1.807) is 37.3 Å². The Morgan fingerprint density at radius 2 is 1.76 bits per heavy atom. The summed E-state index contributed by atoms with van der Waals surface area (Å²) >= 11 is 0. The number of aryl methyl sites for hydroxylation is 1. The molecule has 7 heteroatoms. The molecular formula is C26H22FN3O3. The lowest BCUT2D eigenvalue weighted by Gasteiger charge is -2.49. The molecule has 1 saturated heterocycles. The predicted molar refractivity (Wildman–Crippen MR) is 122 cm³/mol. The molecule has 2 aliphatic heterocycles. The summed E-state index contributed by atoms with van der Waals surface area (Å²) in [6.07, 6.45) is 0.203. The molecule has 166 valence electrons. The number of carbonyl (C=O) groups excluding carboxylic acids is 3. The number of benzene rings is 3. The average Bonchev–Trinajstić information content (AvgIpc) is 3.18. The van der Waals surface area contributed by atoms with Crippen molar-refractivity contribution < 1.29 is 18.8 Å². The Balaban J connectivity index is 1.66. The molecule has 1 unspecified atom stereocenters. The highest BCUT2D eigenvalue weighted by atomic mass is 19.1. The molecule has 3 aromatic rings. The lowest BCUT2D eigenvalue weighted by atomic mass is 9.94. The van der Waals surface area contributed by atoms with E-state index in [1.165, 1.54) is 21.9 Å². The Hall–Kier alpha value is -4.00. The van der Waals surface area contributed by atoms with Crippen LogP contribution >= 0.6 is 0 Å². The first kappa shape index (κ1) is 20.9. The van der Waals surface area contributed by atoms with Gasteiger partial charge in [-0.1, -0.05) is 48.5 Å². The van der Waals surface area contributed by atoms with E-state index in [4.69, 9.17) is 0 Å². The van der Waals surface area contributed by atoms with Gasteiger partial charge in [-0.05, 0) is 42.3 Å². The monoisotopic (exact) mass is 443 g/mol. The van der Waals surface area contributed by atoms with Crippen molar-refractivity contribution in [2.24, 2.45) is 0 Å². The number of amides is 3. The molecule has 0 aromatic heterocycles. The van der Waals surface area contributed by atoms with Crippen molar-refractivity contribution in [2.45, 2.75) is 32.0 Å². The van der Waals surface area contributed by atoms with Crippen LogP contribution in [0.25, 0.3) is 0 Å². The number of hydrogen-bond acceptors (Lipinski definition) is 3. The number of halogens is 1. The molecule has 1 fully saturated rings. The van der Waals surface area contributed by atoms with E-state index in [0.717, 1.165) is 11.1 Å². The Labute approximate surface area is 190 Å². The number of anilines is 2. The molecule has 33 heavy (non-hydrogen) atoms. The number of rotatable bonds is 4. The molecule has 1 N–H and O–H groups in total. The van der Waals surface area contributed by atoms with Crippen LogP contribution < -0.4 is 10.2 Å². The highest BCUT2D eigenvalue weighted by Crippen LogP contribution is 2.45. The number of para-hydroxylation sites is 1. The van der Waals surface area contributed by atoms with Crippen molar-refractivity contribution in [1.29, 1.82) is 0 Å². The summed E-state index contributed by atoms with van der Waals surface area (Å²) in [5.41, 5.74) is 0.755. The van der Waals surface area contributed by atoms with Crippen molar-refractivity contribution in [3.05, 3.63) is 95.3 Å². The first-order chi connectivity index (χ1) is 15.9. The van der Waals surface area contributed by atoms with E-state index in [-0.39, 0.29) is 36.9 Å². The van der Waals surface area contributed by atoms with Crippen LogP contribution in [0, 0.1) is 12.7 Å². The molecule has 5 rings (SSSR count). The van der Waals surface area contributed by atoms with Crippen LogP contribution in [0.2, 0.25) is 0 Å². The van der Waals surface area contributed by atoms with E-state index in [1.807, 2.05) is 30.3 Å². The van der Waals surface area contributed by atoms with Crippen LogP contribution in [-0.4, -0.2) is 28.3 Å². The molecular weight excluding hydrogens is 421 g/mol. The second kappa shape index (κ2) is 7.85. The number of hydrogen-bond donors (Lipinski definition) is 1. The van der Waals surface area contributed by atoms with E-state index in [9.17, 15) is 18.8 Å². The molecule has 0 aliphatic carbocycles. The molecule has 0 saturated carbocycles. The summed E-state index contributed by atoms with van der Waals surface area (Å²) in [5.74, 6) is -1.80. The van der Waals surface area contributed by atoms with Gasteiger partial charge in [-0.15, -0.1) is 0 Å². The minimum atomic E-state index is -1.60. The molecule has 2 heterocycles. The van der Waals surface area contributed by atoms with Crippen molar-refractivity contribution >= 4 is 29.1 Å². The third-order valence-corrected chi connectivity index (χ3v) is 6.29. The molecule has 0 spiro atoms. The summed E-state index contributed by atoms with van der Waals surface area (Å²) in [5, 5.41) is 2.67. The fourth-order valence-electron chi connectivity index (χ4n) is 4.73. The maximum atomic E-state index is 14.5. The average molecular weight is 443 g/mol. The number of carbonyl (C=O) groups is 3. The largest absolute Gasteiger partial charge is 0.320 e. The van der Waals surface area contributed by atoms with Gasteiger partial charge in [0.1, 0.15) is 5.82 Å². The van der Waals surface area contributed by atoms with Crippen LogP contribution in [0.4, 0.5) is 15.8 Å². The van der Waals surface area contributed by atoms with Crippen molar-refractivity contribution in [3.8, 4) is 0 Å². The second-order valence-electron chi connectivity index (χ2n) is 8.38. The molecule has 0 radical (unpaired) electrons. The summed E-state index contributed by atoms with van der Waals surface area (Å²) in [6, 6.07) is 20.5. The van der Waals surface area contributed by atoms with E-state index < -0.39 is 17.4 Å². The molecule has 6 nitrogen and oxygen atoms in total. The van der Waals surface area contributed by atoms with Gasteiger partial charge in [0, 0.05) is 19.4 Å². The Bertz CT molecular complexity index is 1280. The summed E-state index contributed by atoms with van der Waals surface area (Å²) in [6.45, 7) is 1.92. The van der Waals surface area contributed by atoms with Crippen LogP contribution in [0.1, 0.15) is 34.3 Å². The van der Waals surface area contributed by atoms with Crippen LogP contribution in [0.15, 0.2) is 72.8 Å². The zero-order valence-electron chi connectivity index (χ0n) is 18.0. The predicted octanol–water partition coefficient (Wildman–Crippen LogP) is 4.25. The zero-order chi connectivity index (χ0) is 23.2. The molecule has 3 aromatic carbocycles. The molecule has 3 amide bonds. The van der Waals surface area contributed by atoms with Crippen LogP contribution in [0.3, 0.4) is 0 Å². The van der Waals surface area contributed by atoms with Crippen LogP contribution in [-0.2, 0) is 16.1 Å². The van der Waals surface area contributed by atoms with Gasteiger partial charge in [0.25, 0.3) is 11.8 Å². The van der Waals surface area contributed by atoms with E-state index in [2.05, 4.69) is 5.32 Å². The number of fused-ring (bicyclic) bond motifs is 3.